The first-order valence-corrected chi connectivity index (χ1v) is 45.3. The van der Waals surface area contributed by atoms with E-state index in [1.165, 1.54) is 226 Å². The van der Waals surface area contributed by atoms with Gasteiger partial charge in [0, 0.05) is 56.5 Å². The van der Waals surface area contributed by atoms with Gasteiger partial charge in [-0.25, -0.2) is 0 Å². The summed E-state index contributed by atoms with van der Waals surface area (Å²) in [5.41, 5.74) is 21.9. The molecule has 0 saturated carbocycles. The van der Waals surface area contributed by atoms with Gasteiger partial charge in [0.25, 0.3) is 0 Å². The van der Waals surface area contributed by atoms with Crippen molar-refractivity contribution in [2.45, 2.75) is 0 Å². The third kappa shape index (κ3) is 12.6. The van der Waals surface area contributed by atoms with E-state index < -0.39 is 0 Å². The van der Waals surface area contributed by atoms with Crippen LogP contribution in [-0.4, -0.2) is 0 Å². The molecule has 0 N–H and O–H groups in total. The lowest BCUT2D eigenvalue weighted by Gasteiger charge is -2.18. The van der Waals surface area contributed by atoms with Crippen LogP contribution < -0.4 is 0 Å². The maximum atomic E-state index is 6.54. The summed E-state index contributed by atoms with van der Waals surface area (Å²) in [6.45, 7) is 0. The topological polar surface area (TPSA) is 13.1 Å². The Bertz CT molecular complexity index is 8990. The summed E-state index contributed by atoms with van der Waals surface area (Å²) in [6, 6.07) is 168. The zero-order valence-electron chi connectivity index (χ0n) is 69.1. The second kappa shape index (κ2) is 30.6. The minimum atomic E-state index is 0.912. The lowest BCUT2D eigenvalue weighted by atomic mass is 9.85. The molecule has 3 heterocycles. The zero-order chi connectivity index (χ0) is 83.6. The van der Waals surface area contributed by atoms with E-state index in [-0.39, 0.29) is 0 Å². The zero-order valence-corrected chi connectivity index (χ0v) is 70.7. The van der Waals surface area contributed by atoms with Crippen molar-refractivity contribution in [3.05, 3.63) is 461 Å². The Morgan fingerprint density at radius 1 is 0.134 bits per heavy atom. The fourth-order valence-electron chi connectivity index (χ4n) is 20.5. The first kappa shape index (κ1) is 73.8. The van der Waals surface area contributed by atoms with Crippen LogP contribution in [0.2, 0.25) is 0 Å². The van der Waals surface area contributed by atoms with Crippen LogP contribution in [0.15, 0.2) is 465 Å². The highest BCUT2D eigenvalue weighted by Gasteiger charge is 2.23. The highest BCUT2D eigenvalue weighted by Crippen LogP contribution is 2.51. The normalized spacial score (nSPS) is 11.8. The molecule has 1 nitrogen and oxygen atoms in total. The summed E-state index contributed by atoms with van der Waals surface area (Å²) in [4.78, 5) is 0. The van der Waals surface area contributed by atoms with Gasteiger partial charge in [-0.3, -0.25) is 0 Å². The number of thiophene rings is 2. The predicted octanol–water partition coefficient (Wildman–Crippen LogP) is 36.6. The third-order valence-corrected chi connectivity index (χ3v) is 28.6. The van der Waals surface area contributed by atoms with E-state index in [9.17, 15) is 0 Å². The SMILES string of the molecule is c1cc(-c2ccc3c(c2)oc2c4ccccc4ccc32)cc(-c2c3ccccc3c(-c3ccc4ccccc4c3)c3ccccc23)c1.c1ccc(-c2c3ccccc3c(-c3ccc4c(c3)sc3cc5ccccc5cc34)c3ccccc23)cc1.c1ccc(-c2c3ccccc3c(-c3cccc(-c4ccc5sc6c7ccccc7ccc6c5c4)c3)c3ccccc23)cc1. The Kier molecular flexibility index (Phi) is 17.8. The molecule has 27 rings (SSSR count). The van der Waals surface area contributed by atoms with Gasteiger partial charge in [0.15, 0.2) is 0 Å². The largest absolute Gasteiger partial charge is 0.455 e. The molecule has 0 amide bonds. The number of rotatable bonds is 8. The summed E-state index contributed by atoms with van der Waals surface area (Å²) >= 11 is 3.79. The first-order chi connectivity index (χ1) is 63.0. The summed E-state index contributed by atoms with van der Waals surface area (Å²) in [7, 11) is 0. The monoisotopic (exact) mass is 1640 g/mol. The minimum Gasteiger partial charge on any atom is -0.455 e. The molecule has 3 aromatic heterocycles. The van der Waals surface area contributed by atoms with Crippen LogP contribution in [0.3, 0.4) is 0 Å². The van der Waals surface area contributed by atoms with Gasteiger partial charge >= 0.3 is 0 Å². The summed E-state index contributed by atoms with van der Waals surface area (Å²) in [5, 5.41) is 33.1. The van der Waals surface area contributed by atoms with E-state index in [0.717, 1.165) is 32.9 Å². The van der Waals surface area contributed by atoms with Gasteiger partial charge in [-0.05, 0) is 258 Å². The van der Waals surface area contributed by atoms with E-state index in [0.29, 0.717) is 0 Å². The average Bonchev–Trinajstić information content (AvgIpc) is 1.66. The van der Waals surface area contributed by atoms with E-state index in [1.807, 2.05) is 22.7 Å². The molecule has 0 aliphatic heterocycles. The molecule has 24 aromatic carbocycles. The standard InChI is InChI=1S/C46H28O.C42H26S.C36H22S/c1-2-12-31-26-35(21-20-29(31)10-1)45-40-18-7-5-16-38(40)44(39-17-6-8-19-41(39)45)34-14-9-13-32(27-34)33-23-24-37-42-25-22-30-11-3-4-15-36(30)46(42)47-43(37)28-33;1-2-12-28(13-3-1)40-33-17-6-8-19-35(33)41(36-20-9-7-18-34(36)40)31-15-10-14-29(25-31)30-22-24-39-38(26-30)37-23-21-27-11-4-5-16-32(27)42(37)43-39;1-2-10-23(11-3-1)35-28-14-6-8-16-30(28)36(31-17-9-7-15-29(31)35)26-18-19-27-32-20-24-12-4-5-13-25(24)21-34(32)37-33(27)22-26/h1-28H;1-26H;1-22H. The molecule has 0 spiro atoms. The van der Waals surface area contributed by atoms with Gasteiger partial charge in [0.05, 0.1) is 0 Å². The Labute approximate surface area is 741 Å². The molecule has 0 aliphatic rings. The number of benzene rings is 24. The van der Waals surface area contributed by atoms with Gasteiger partial charge in [-0.15, -0.1) is 22.7 Å². The van der Waals surface area contributed by atoms with Crippen molar-refractivity contribution in [3.8, 4) is 89.0 Å². The van der Waals surface area contributed by atoms with E-state index in [1.54, 1.807) is 0 Å². The molecule has 0 unspecified atom stereocenters. The fourth-order valence-corrected chi connectivity index (χ4v) is 22.9. The molecule has 27 aromatic rings. The van der Waals surface area contributed by atoms with Crippen molar-refractivity contribution < 1.29 is 4.42 Å². The number of fused-ring (bicyclic) bond motifs is 21. The van der Waals surface area contributed by atoms with Crippen LogP contribution in [0.1, 0.15) is 0 Å². The van der Waals surface area contributed by atoms with Crippen molar-refractivity contribution in [2.75, 3.05) is 0 Å². The molecule has 0 aliphatic carbocycles. The molecule has 0 saturated heterocycles. The molecule has 0 atom stereocenters. The Morgan fingerprint density at radius 3 is 0.961 bits per heavy atom. The maximum absolute atomic E-state index is 6.54. The second-order valence-corrected chi connectivity index (χ2v) is 35.6. The molecule has 590 valence electrons. The van der Waals surface area contributed by atoms with Crippen molar-refractivity contribution in [1.29, 1.82) is 0 Å². The summed E-state index contributed by atoms with van der Waals surface area (Å²) in [6.07, 6.45) is 0. The average molecular weight is 1650 g/mol. The highest BCUT2D eigenvalue weighted by atomic mass is 32.1. The molecule has 0 radical (unpaired) electrons. The third-order valence-electron chi connectivity index (χ3n) is 26.3. The molecule has 127 heavy (non-hydrogen) atoms. The van der Waals surface area contributed by atoms with Crippen LogP contribution in [0.5, 0.6) is 0 Å². The van der Waals surface area contributed by atoms with Crippen LogP contribution in [-0.2, 0) is 0 Å². The predicted molar refractivity (Wildman–Crippen MR) is 551 cm³/mol. The van der Waals surface area contributed by atoms with Crippen LogP contribution >= 0.6 is 22.7 Å². The molecule has 3 heteroatoms. The summed E-state index contributed by atoms with van der Waals surface area (Å²) < 4.78 is 11.9. The lowest BCUT2D eigenvalue weighted by molar-refractivity contribution is 0.673. The molecule has 0 fully saturated rings. The van der Waals surface area contributed by atoms with Gasteiger partial charge in [0.1, 0.15) is 11.2 Å². The van der Waals surface area contributed by atoms with Crippen LogP contribution in [0.4, 0.5) is 0 Å². The number of hydrogen-bond acceptors (Lipinski definition) is 3. The Balaban J connectivity index is 0.000000104. The van der Waals surface area contributed by atoms with Crippen molar-refractivity contribution in [2.24, 2.45) is 0 Å². The molecular weight excluding hydrogens is 1570 g/mol. The smallest absolute Gasteiger partial charge is 0.143 e. The van der Waals surface area contributed by atoms with E-state index >= 15 is 0 Å². The first-order valence-electron chi connectivity index (χ1n) is 43.6. The molecular formula is C124H76OS2. The van der Waals surface area contributed by atoms with E-state index in [4.69, 9.17) is 4.42 Å². The van der Waals surface area contributed by atoms with Gasteiger partial charge in [-0.2, -0.15) is 0 Å². The second-order valence-electron chi connectivity index (χ2n) is 33.4. The van der Waals surface area contributed by atoms with E-state index in [2.05, 4.69) is 461 Å². The van der Waals surface area contributed by atoms with Crippen LogP contribution in [0.25, 0.3) is 259 Å². The lowest BCUT2D eigenvalue weighted by Crippen LogP contribution is -1.91. The van der Waals surface area contributed by atoms with Gasteiger partial charge in [-0.1, -0.05) is 394 Å². The van der Waals surface area contributed by atoms with Gasteiger partial charge in [0.2, 0.25) is 0 Å². The number of hydrogen-bond donors (Lipinski definition) is 0. The van der Waals surface area contributed by atoms with Crippen molar-refractivity contribution >= 4 is 193 Å². The Hall–Kier alpha value is -15.9. The summed E-state index contributed by atoms with van der Waals surface area (Å²) in [5.74, 6) is 0. The Morgan fingerprint density at radius 2 is 0.449 bits per heavy atom. The highest BCUT2D eigenvalue weighted by molar-refractivity contribution is 7.27. The van der Waals surface area contributed by atoms with Crippen molar-refractivity contribution in [1.82, 2.24) is 0 Å². The van der Waals surface area contributed by atoms with Crippen LogP contribution in [0, 0.1) is 0 Å². The quantitative estimate of drug-likeness (QED) is 0.138. The maximum Gasteiger partial charge on any atom is 0.143 e. The number of furan rings is 1. The van der Waals surface area contributed by atoms with Crippen molar-refractivity contribution in [3.63, 3.8) is 0 Å². The van der Waals surface area contributed by atoms with Gasteiger partial charge < -0.3 is 4.42 Å². The minimum absolute atomic E-state index is 0.912. The molecule has 0 bridgehead atoms. The fraction of sp³-hybridized carbons (Fsp3) is 0.